The second kappa shape index (κ2) is 3.60. The third-order valence-electron chi connectivity index (χ3n) is 2.32. The molecule has 1 aromatic rings. The fraction of sp³-hybridized carbons (Fsp3) is 0.300. The van der Waals surface area contributed by atoms with Crippen LogP contribution in [0.5, 0.6) is 5.75 Å². The van der Waals surface area contributed by atoms with Gasteiger partial charge < -0.3 is 10.5 Å². The van der Waals surface area contributed by atoms with Gasteiger partial charge in [0.05, 0.1) is 6.61 Å². The van der Waals surface area contributed by atoms with Crippen molar-refractivity contribution in [3.8, 4) is 11.8 Å². The van der Waals surface area contributed by atoms with Crippen LogP contribution in [0.15, 0.2) is 16.6 Å². The van der Waals surface area contributed by atoms with E-state index in [0.29, 0.717) is 17.9 Å². The number of ether oxygens (including phenoxy) is 1. The molecule has 14 heavy (non-hydrogen) atoms. The average molecular weight is 253 g/mol. The van der Waals surface area contributed by atoms with Crippen LogP contribution in [-0.2, 0) is 0 Å². The van der Waals surface area contributed by atoms with Crippen LogP contribution in [0.2, 0.25) is 0 Å². The molecular weight excluding hydrogens is 244 g/mol. The molecule has 72 valence electrons. The molecule has 0 spiro atoms. The third-order valence-corrected chi connectivity index (χ3v) is 2.98. The molecule has 0 unspecified atom stereocenters. The lowest BCUT2D eigenvalue weighted by molar-refractivity contribution is 0.268. The summed E-state index contributed by atoms with van der Waals surface area (Å²) in [4.78, 5) is 0. The molecule has 1 aromatic carbocycles. The van der Waals surface area contributed by atoms with Crippen LogP contribution in [0.3, 0.4) is 0 Å². The van der Waals surface area contributed by atoms with Crippen molar-refractivity contribution in [3.05, 3.63) is 27.7 Å². The van der Waals surface area contributed by atoms with Crippen LogP contribution in [0.4, 0.5) is 0 Å². The van der Waals surface area contributed by atoms with Gasteiger partial charge in [-0.05, 0) is 22.0 Å². The summed E-state index contributed by atoms with van der Waals surface area (Å²) in [5.74, 6) is 0.639. The van der Waals surface area contributed by atoms with Gasteiger partial charge in [0, 0.05) is 22.5 Å². The molecule has 0 fully saturated rings. The predicted molar refractivity (Wildman–Crippen MR) is 55.9 cm³/mol. The van der Waals surface area contributed by atoms with Gasteiger partial charge in [0.15, 0.2) is 0 Å². The Labute approximate surface area is 90.6 Å². The first-order valence-corrected chi connectivity index (χ1v) is 5.14. The molecule has 0 radical (unpaired) electrons. The maximum Gasteiger partial charge on any atom is 0.142 e. The minimum atomic E-state index is -0.0149. The lowest BCUT2D eigenvalue weighted by Crippen LogP contribution is -2.21. The van der Waals surface area contributed by atoms with Gasteiger partial charge in [-0.2, -0.15) is 5.26 Å². The largest absolute Gasteiger partial charge is 0.492 e. The first-order valence-electron chi connectivity index (χ1n) is 4.35. The Kier molecular flexibility index (Phi) is 2.44. The number of benzene rings is 1. The lowest BCUT2D eigenvalue weighted by Gasteiger charge is -2.23. The van der Waals surface area contributed by atoms with E-state index < -0.39 is 0 Å². The van der Waals surface area contributed by atoms with Gasteiger partial charge in [0.1, 0.15) is 17.4 Å². The highest BCUT2D eigenvalue weighted by Gasteiger charge is 2.22. The molecule has 0 saturated heterocycles. The number of fused-ring (bicyclic) bond motifs is 1. The number of hydrogen-bond donors (Lipinski definition) is 1. The van der Waals surface area contributed by atoms with Crippen molar-refractivity contribution in [2.24, 2.45) is 5.73 Å². The van der Waals surface area contributed by atoms with Gasteiger partial charge >= 0.3 is 0 Å². The van der Waals surface area contributed by atoms with Crippen molar-refractivity contribution < 1.29 is 4.74 Å². The van der Waals surface area contributed by atoms with E-state index >= 15 is 0 Å². The number of hydrogen-bond acceptors (Lipinski definition) is 3. The summed E-state index contributed by atoms with van der Waals surface area (Å²) in [6.45, 7) is 0.583. The summed E-state index contributed by atoms with van der Waals surface area (Å²) in [7, 11) is 0. The van der Waals surface area contributed by atoms with Crippen LogP contribution in [0.1, 0.15) is 23.6 Å². The Morgan fingerprint density at radius 2 is 2.36 bits per heavy atom. The third kappa shape index (κ3) is 1.39. The van der Waals surface area contributed by atoms with Gasteiger partial charge in [-0.15, -0.1) is 0 Å². The quantitative estimate of drug-likeness (QED) is 0.770. The summed E-state index contributed by atoms with van der Waals surface area (Å²) in [6, 6.07) is 5.85. The van der Waals surface area contributed by atoms with Crippen molar-refractivity contribution >= 4 is 15.9 Å². The van der Waals surface area contributed by atoms with Crippen molar-refractivity contribution in [3.63, 3.8) is 0 Å². The van der Waals surface area contributed by atoms with Gasteiger partial charge in [-0.25, -0.2) is 0 Å². The highest BCUT2D eigenvalue weighted by molar-refractivity contribution is 9.10. The first kappa shape index (κ1) is 9.50. The molecule has 0 bridgehead atoms. The fourth-order valence-electron chi connectivity index (χ4n) is 1.57. The van der Waals surface area contributed by atoms with E-state index in [9.17, 15) is 0 Å². The molecule has 4 heteroatoms. The zero-order chi connectivity index (χ0) is 10.1. The van der Waals surface area contributed by atoms with Crippen molar-refractivity contribution in [1.82, 2.24) is 0 Å². The Balaban J connectivity index is 2.63. The van der Waals surface area contributed by atoms with E-state index in [4.69, 9.17) is 15.7 Å². The van der Waals surface area contributed by atoms with Crippen molar-refractivity contribution in [2.45, 2.75) is 12.5 Å². The molecule has 2 N–H and O–H groups in total. The molecule has 1 aliphatic heterocycles. The number of nitrogens with zero attached hydrogens (tertiary/aromatic N) is 1. The molecule has 1 heterocycles. The summed E-state index contributed by atoms with van der Waals surface area (Å²) in [6.07, 6.45) is 0.805. The molecule has 0 amide bonds. The molecule has 0 saturated carbocycles. The van der Waals surface area contributed by atoms with E-state index in [1.54, 1.807) is 0 Å². The summed E-state index contributed by atoms with van der Waals surface area (Å²) >= 11 is 3.31. The first-order chi connectivity index (χ1) is 6.74. The van der Waals surface area contributed by atoms with Gasteiger partial charge in [0.25, 0.3) is 0 Å². The van der Waals surface area contributed by atoms with Crippen molar-refractivity contribution in [1.29, 1.82) is 5.26 Å². The van der Waals surface area contributed by atoms with E-state index in [1.807, 2.05) is 12.1 Å². The monoisotopic (exact) mass is 252 g/mol. The Hall–Kier alpha value is -1.05. The Morgan fingerprint density at radius 1 is 1.57 bits per heavy atom. The predicted octanol–water partition coefficient (Wildman–Crippen LogP) is 2.10. The minimum absolute atomic E-state index is 0.0149. The average Bonchev–Trinajstić information content (AvgIpc) is 2.18. The zero-order valence-electron chi connectivity index (χ0n) is 7.46. The van der Waals surface area contributed by atoms with E-state index in [-0.39, 0.29) is 6.04 Å². The van der Waals surface area contributed by atoms with Crippen LogP contribution >= 0.6 is 15.9 Å². The minimum Gasteiger partial charge on any atom is -0.492 e. The smallest absolute Gasteiger partial charge is 0.142 e. The molecule has 1 atom stereocenters. The standard InChI is InChI=1S/C10H9BrN2O/c11-8-2-1-6-9(13)3-4-14-10(6)7(8)5-12/h1-2,9H,3-4,13H2/t9-/m0/s1. The number of nitriles is 1. The molecule has 1 aliphatic rings. The molecule has 3 nitrogen and oxygen atoms in total. The zero-order valence-corrected chi connectivity index (χ0v) is 9.04. The molecule has 2 rings (SSSR count). The fourth-order valence-corrected chi connectivity index (χ4v) is 1.97. The normalized spacial score (nSPS) is 19.4. The highest BCUT2D eigenvalue weighted by Crippen LogP contribution is 2.36. The van der Waals surface area contributed by atoms with Crippen LogP contribution in [0.25, 0.3) is 0 Å². The molecule has 0 aromatic heterocycles. The second-order valence-corrected chi connectivity index (χ2v) is 4.05. The van der Waals surface area contributed by atoms with Gasteiger partial charge in [0.2, 0.25) is 0 Å². The van der Waals surface area contributed by atoms with Crippen molar-refractivity contribution in [2.75, 3.05) is 6.61 Å². The number of rotatable bonds is 0. The molecular formula is C10H9BrN2O. The Bertz CT molecular complexity index is 411. The van der Waals surface area contributed by atoms with Crippen LogP contribution < -0.4 is 10.5 Å². The SMILES string of the molecule is N#Cc1c(Br)ccc2c1OCC[C@@H]2N. The Morgan fingerprint density at radius 3 is 3.07 bits per heavy atom. The van der Waals surface area contributed by atoms with Crippen LogP contribution in [-0.4, -0.2) is 6.61 Å². The number of nitrogens with two attached hydrogens (primary N) is 1. The topological polar surface area (TPSA) is 59.0 Å². The second-order valence-electron chi connectivity index (χ2n) is 3.20. The van der Waals surface area contributed by atoms with E-state index in [2.05, 4.69) is 22.0 Å². The number of halogens is 1. The highest BCUT2D eigenvalue weighted by atomic mass is 79.9. The maximum absolute atomic E-state index is 8.96. The van der Waals surface area contributed by atoms with Gasteiger partial charge in [-0.3, -0.25) is 0 Å². The van der Waals surface area contributed by atoms with E-state index in [0.717, 1.165) is 16.5 Å². The van der Waals surface area contributed by atoms with Gasteiger partial charge in [-0.1, -0.05) is 6.07 Å². The summed E-state index contributed by atoms with van der Waals surface area (Å²) in [5, 5.41) is 8.96. The summed E-state index contributed by atoms with van der Waals surface area (Å²) < 4.78 is 6.22. The van der Waals surface area contributed by atoms with E-state index in [1.165, 1.54) is 0 Å². The lowest BCUT2D eigenvalue weighted by atomic mass is 9.99. The molecule has 0 aliphatic carbocycles. The van der Waals surface area contributed by atoms with Crippen LogP contribution in [0, 0.1) is 11.3 Å². The maximum atomic E-state index is 8.96. The summed E-state index contributed by atoms with van der Waals surface area (Å²) in [5.41, 5.74) is 7.38.